The third-order valence-electron chi connectivity index (χ3n) is 8.24. The summed E-state index contributed by atoms with van der Waals surface area (Å²) < 4.78 is 0. The Morgan fingerprint density at radius 3 is 1.35 bits per heavy atom. The lowest BCUT2D eigenvalue weighted by Crippen LogP contribution is -2.44. The molecule has 0 aromatic heterocycles. The van der Waals surface area contributed by atoms with Gasteiger partial charge in [-0.1, -0.05) is 54.5 Å². The minimum absolute atomic E-state index is 1.13. The van der Waals surface area contributed by atoms with E-state index in [0.29, 0.717) is 0 Å². The lowest BCUT2D eigenvalue weighted by molar-refractivity contribution is 0.158. The van der Waals surface area contributed by atoms with Crippen LogP contribution >= 0.6 is 0 Å². The zero-order valence-corrected chi connectivity index (χ0v) is 28.8. The van der Waals surface area contributed by atoms with E-state index >= 15 is 0 Å². The fraction of sp³-hybridized carbons (Fsp3) is 0.939. The normalized spacial score (nSPS) is 17.4. The Kier molecular flexibility index (Phi) is 26.7. The first-order chi connectivity index (χ1) is 19.4. The van der Waals surface area contributed by atoms with Crippen molar-refractivity contribution in [2.75, 3.05) is 131 Å². The van der Waals surface area contributed by atoms with Crippen molar-refractivity contribution in [3.8, 4) is 0 Å². The van der Waals surface area contributed by atoms with Gasteiger partial charge in [-0.2, -0.15) is 0 Å². The second kappa shape index (κ2) is 27.2. The van der Waals surface area contributed by atoms with Crippen LogP contribution in [0, 0.1) is 0 Å². The lowest BCUT2D eigenvalue weighted by atomic mass is 10.3. The number of likely N-dealkylation sites (N-methyl/N-ethyl adjacent to an activating group) is 4. The van der Waals surface area contributed by atoms with Gasteiger partial charge in [-0.25, -0.2) is 0 Å². The van der Waals surface area contributed by atoms with Gasteiger partial charge < -0.3 is 34.3 Å². The maximum absolute atomic E-state index is 2.64. The number of rotatable bonds is 17. The molecule has 7 heteroatoms. The molecule has 0 aromatic rings. The van der Waals surface area contributed by atoms with Crippen LogP contribution in [0.2, 0.25) is 0 Å². The summed E-state index contributed by atoms with van der Waals surface area (Å²) in [6, 6.07) is 0. The van der Waals surface area contributed by atoms with Crippen LogP contribution in [-0.4, -0.2) is 166 Å². The van der Waals surface area contributed by atoms with Crippen molar-refractivity contribution in [2.24, 2.45) is 0 Å². The quantitative estimate of drug-likeness (QED) is 0.254. The van der Waals surface area contributed by atoms with Gasteiger partial charge in [0, 0.05) is 78.5 Å². The standard InChI is InChI=1S/C18H38N4.C15H35N3/c1-5-8-20-13-11-19(4)12-14-21(9-6-2)16-18-22(10-7-3)17-15-20;1-6-11-17(9-4)14-15-18(10-5)13-12-16(7-2)8-3/h5,8H,6-7,9-18H2,1-4H3;6-15H2,1-5H3/b8-5+;. The lowest BCUT2D eigenvalue weighted by Gasteiger charge is -2.32. The minimum atomic E-state index is 1.13. The van der Waals surface area contributed by atoms with Crippen LogP contribution < -0.4 is 0 Å². The Bertz CT molecular complexity index is 555. The van der Waals surface area contributed by atoms with Crippen LogP contribution in [0.3, 0.4) is 0 Å². The topological polar surface area (TPSA) is 22.7 Å². The van der Waals surface area contributed by atoms with E-state index in [0.717, 1.165) is 19.6 Å². The van der Waals surface area contributed by atoms with Crippen molar-refractivity contribution in [1.29, 1.82) is 0 Å². The fourth-order valence-electron chi connectivity index (χ4n) is 5.33. The molecule has 1 aliphatic rings. The van der Waals surface area contributed by atoms with E-state index in [1.807, 2.05) is 0 Å². The molecule has 0 amide bonds. The van der Waals surface area contributed by atoms with Gasteiger partial charge in [0.1, 0.15) is 0 Å². The summed E-state index contributed by atoms with van der Waals surface area (Å²) in [4.78, 5) is 17.9. The van der Waals surface area contributed by atoms with Crippen LogP contribution in [0.4, 0.5) is 0 Å². The average Bonchev–Trinajstić information content (AvgIpc) is 2.96. The van der Waals surface area contributed by atoms with Gasteiger partial charge in [-0.05, 0) is 85.2 Å². The predicted molar refractivity (Wildman–Crippen MR) is 180 cm³/mol. The maximum atomic E-state index is 2.64. The van der Waals surface area contributed by atoms with E-state index in [4.69, 9.17) is 0 Å². The van der Waals surface area contributed by atoms with Gasteiger partial charge in [0.2, 0.25) is 0 Å². The van der Waals surface area contributed by atoms with E-state index in [9.17, 15) is 0 Å². The van der Waals surface area contributed by atoms with Gasteiger partial charge in [0.25, 0.3) is 0 Å². The van der Waals surface area contributed by atoms with Gasteiger partial charge in [0.15, 0.2) is 0 Å². The first-order valence-electron chi connectivity index (χ1n) is 17.1. The molecule has 0 spiro atoms. The molecule has 0 atom stereocenters. The molecule has 0 aliphatic carbocycles. The first kappa shape index (κ1) is 39.3. The third kappa shape index (κ3) is 20.2. The van der Waals surface area contributed by atoms with E-state index in [1.165, 1.54) is 124 Å². The van der Waals surface area contributed by atoms with Crippen LogP contribution in [0.15, 0.2) is 12.3 Å². The zero-order valence-electron chi connectivity index (χ0n) is 28.8. The Labute approximate surface area is 252 Å². The zero-order chi connectivity index (χ0) is 30.0. The van der Waals surface area contributed by atoms with E-state index < -0.39 is 0 Å². The smallest absolute Gasteiger partial charge is 0.0300 e. The van der Waals surface area contributed by atoms with Gasteiger partial charge in [0.05, 0.1) is 0 Å². The molecular formula is C33H73N7. The molecule has 1 saturated heterocycles. The predicted octanol–water partition coefficient (Wildman–Crippen LogP) is 4.57. The van der Waals surface area contributed by atoms with Gasteiger partial charge >= 0.3 is 0 Å². The molecule has 1 heterocycles. The van der Waals surface area contributed by atoms with Crippen LogP contribution in [0.1, 0.15) is 74.7 Å². The molecule has 1 fully saturated rings. The van der Waals surface area contributed by atoms with Crippen LogP contribution in [-0.2, 0) is 0 Å². The molecule has 0 N–H and O–H groups in total. The SMILES string of the molecule is C/C=C/N1CCN(C)CCN(CCC)CCN(CCC)CC1.CCCN(CC)CCN(CC)CCN(CC)CC. The first-order valence-corrected chi connectivity index (χ1v) is 17.1. The van der Waals surface area contributed by atoms with Crippen LogP contribution in [0.25, 0.3) is 0 Å². The second-order valence-electron chi connectivity index (χ2n) is 11.4. The second-order valence-corrected chi connectivity index (χ2v) is 11.4. The molecule has 7 nitrogen and oxygen atoms in total. The molecule has 1 aliphatic heterocycles. The van der Waals surface area contributed by atoms with Crippen molar-refractivity contribution in [2.45, 2.75) is 74.7 Å². The fourth-order valence-corrected chi connectivity index (χ4v) is 5.33. The average molecular weight is 568 g/mol. The molecular weight excluding hydrogens is 494 g/mol. The summed E-state index contributed by atoms with van der Waals surface area (Å²) >= 11 is 0. The molecule has 40 heavy (non-hydrogen) atoms. The molecule has 0 aromatic carbocycles. The van der Waals surface area contributed by atoms with Gasteiger partial charge in [-0.3, -0.25) is 0 Å². The molecule has 0 unspecified atom stereocenters. The van der Waals surface area contributed by atoms with Crippen molar-refractivity contribution in [3.05, 3.63) is 12.3 Å². The van der Waals surface area contributed by atoms with E-state index in [2.05, 4.69) is 109 Å². The molecule has 240 valence electrons. The summed E-state index contributed by atoms with van der Waals surface area (Å²) in [5.41, 5.74) is 0. The molecule has 0 saturated carbocycles. The molecule has 1 rings (SSSR count). The Morgan fingerprint density at radius 1 is 0.500 bits per heavy atom. The number of hydrogen-bond acceptors (Lipinski definition) is 7. The number of hydrogen-bond donors (Lipinski definition) is 0. The monoisotopic (exact) mass is 568 g/mol. The number of nitrogens with zero attached hydrogens (tertiary/aromatic N) is 7. The third-order valence-corrected chi connectivity index (χ3v) is 8.24. The van der Waals surface area contributed by atoms with Crippen molar-refractivity contribution >= 4 is 0 Å². The maximum Gasteiger partial charge on any atom is 0.0300 e. The Hall–Kier alpha value is -0.700. The highest BCUT2D eigenvalue weighted by molar-refractivity contribution is 4.81. The molecule has 0 radical (unpaired) electrons. The summed E-state index contributed by atoms with van der Waals surface area (Å²) in [6.45, 7) is 40.7. The summed E-state index contributed by atoms with van der Waals surface area (Å²) in [5.74, 6) is 0. The Morgan fingerprint density at radius 2 is 0.900 bits per heavy atom. The Balaban J connectivity index is 0.000000778. The highest BCUT2D eigenvalue weighted by atomic mass is 15.3. The molecule has 0 bridgehead atoms. The summed E-state index contributed by atoms with van der Waals surface area (Å²) in [6.07, 6.45) is 8.19. The largest absolute Gasteiger partial charge is 0.375 e. The summed E-state index contributed by atoms with van der Waals surface area (Å²) in [7, 11) is 2.26. The number of allylic oxidation sites excluding steroid dienone is 1. The van der Waals surface area contributed by atoms with Crippen molar-refractivity contribution in [1.82, 2.24) is 34.3 Å². The van der Waals surface area contributed by atoms with Crippen molar-refractivity contribution < 1.29 is 0 Å². The van der Waals surface area contributed by atoms with Crippen LogP contribution in [0.5, 0.6) is 0 Å². The van der Waals surface area contributed by atoms with E-state index in [1.54, 1.807) is 0 Å². The van der Waals surface area contributed by atoms with Gasteiger partial charge in [-0.15, -0.1) is 0 Å². The van der Waals surface area contributed by atoms with E-state index in [-0.39, 0.29) is 0 Å². The van der Waals surface area contributed by atoms with Crippen molar-refractivity contribution in [3.63, 3.8) is 0 Å². The summed E-state index contributed by atoms with van der Waals surface area (Å²) in [5, 5.41) is 0. The highest BCUT2D eigenvalue weighted by Crippen LogP contribution is 2.02. The minimum Gasteiger partial charge on any atom is -0.375 e. The highest BCUT2D eigenvalue weighted by Gasteiger charge is 2.13.